The predicted molar refractivity (Wildman–Crippen MR) is 187 cm³/mol. The molecule has 1 aliphatic rings. The van der Waals surface area contributed by atoms with Gasteiger partial charge in [0.25, 0.3) is 0 Å². The van der Waals surface area contributed by atoms with Gasteiger partial charge in [0.1, 0.15) is 26.8 Å². The van der Waals surface area contributed by atoms with E-state index in [-0.39, 0.29) is 68.9 Å². The number of hydrogen-bond donors (Lipinski definition) is 0. The van der Waals surface area contributed by atoms with E-state index < -0.39 is 20.2 Å². The van der Waals surface area contributed by atoms with E-state index in [9.17, 15) is 25.9 Å². The summed E-state index contributed by atoms with van der Waals surface area (Å²) < 4.78 is 70.1. The van der Waals surface area contributed by atoms with Crippen LogP contribution in [0.3, 0.4) is 0 Å². The zero-order valence-electron chi connectivity index (χ0n) is 29.0. The first-order valence-corrected chi connectivity index (χ1v) is 18.4. The average molecular weight is 728 g/mol. The first kappa shape index (κ1) is 41.8. The van der Waals surface area contributed by atoms with Crippen molar-refractivity contribution in [1.82, 2.24) is 0 Å². The van der Waals surface area contributed by atoms with Gasteiger partial charge in [0.15, 0.2) is 12.3 Å². The number of benzene rings is 4. The maximum atomic E-state index is 11.3. The fraction of sp³-hybridized carbons (Fsp3) is 0.184. The van der Waals surface area contributed by atoms with Gasteiger partial charge in [-0.15, -0.1) is 0 Å². The molecule has 0 amide bonds. The van der Waals surface area contributed by atoms with E-state index in [4.69, 9.17) is 0 Å². The van der Waals surface area contributed by atoms with Crippen LogP contribution in [0.2, 0.25) is 0 Å². The molecule has 248 valence electrons. The van der Waals surface area contributed by atoms with Crippen molar-refractivity contribution < 1.29 is 89.6 Å². The van der Waals surface area contributed by atoms with Crippen LogP contribution in [0.5, 0.6) is 0 Å². The molecule has 4 aromatic rings. The number of nitrogens with zero attached hydrogens (tertiary/aromatic N) is 2. The average Bonchev–Trinajstić information content (AvgIpc) is 3.07. The van der Waals surface area contributed by atoms with Crippen LogP contribution >= 0.6 is 0 Å². The van der Waals surface area contributed by atoms with Gasteiger partial charge in [0.05, 0.1) is 9.79 Å². The molecule has 12 heteroatoms. The third-order valence-electron chi connectivity index (χ3n) is 8.32. The summed E-state index contributed by atoms with van der Waals surface area (Å²) in [5.41, 5.74) is 9.27. The fourth-order valence-electron chi connectivity index (χ4n) is 5.63. The van der Waals surface area contributed by atoms with Crippen molar-refractivity contribution in [2.75, 3.05) is 18.0 Å². The Bertz CT molecular complexity index is 2110. The van der Waals surface area contributed by atoms with E-state index in [0.717, 1.165) is 57.9 Å². The van der Waals surface area contributed by atoms with Gasteiger partial charge in [0.2, 0.25) is 0 Å². The van der Waals surface area contributed by atoms with Crippen LogP contribution in [0.25, 0.3) is 5.57 Å². The van der Waals surface area contributed by atoms with Gasteiger partial charge in [-0.3, -0.25) is 0 Å². The van der Waals surface area contributed by atoms with Gasteiger partial charge >= 0.3 is 59.1 Å². The van der Waals surface area contributed by atoms with Gasteiger partial charge in [0, 0.05) is 36.5 Å². The molecule has 1 aliphatic carbocycles. The van der Waals surface area contributed by atoms with Crippen LogP contribution in [0.15, 0.2) is 137 Å². The molecular weight excluding hydrogens is 691 g/mol. The normalized spacial score (nSPS) is 12.6. The number of rotatable bonds is 11. The molecular formula is C38H37N2Na2O6S2+. The fourth-order valence-corrected chi connectivity index (χ4v) is 6.57. The molecule has 0 spiro atoms. The Labute approximate surface area is 340 Å². The second-order valence-corrected chi connectivity index (χ2v) is 14.3. The smallest absolute Gasteiger partial charge is 0.744 e. The van der Waals surface area contributed by atoms with Crippen LogP contribution in [0, 0.1) is 6.92 Å². The number of hydrogen-bond acceptors (Lipinski definition) is 7. The summed E-state index contributed by atoms with van der Waals surface area (Å²) in [4.78, 5) is 1.70. The van der Waals surface area contributed by atoms with E-state index in [1.54, 1.807) is 24.3 Å². The Kier molecular flexibility index (Phi) is 15.3. The van der Waals surface area contributed by atoms with E-state index in [1.165, 1.54) is 29.8 Å². The Hall–Kier alpha value is -2.61. The summed E-state index contributed by atoms with van der Waals surface area (Å²) >= 11 is 0. The molecule has 8 nitrogen and oxygen atoms in total. The number of anilines is 1. The molecule has 0 aromatic heterocycles. The van der Waals surface area contributed by atoms with Gasteiger partial charge in [-0.05, 0) is 97.2 Å². The van der Waals surface area contributed by atoms with Gasteiger partial charge < -0.3 is 14.0 Å². The molecule has 0 aliphatic heterocycles. The summed E-state index contributed by atoms with van der Waals surface area (Å²) in [6, 6.07) is 28.9. The maximum Gasteiger partial charge on any atom is 1.00 e. The van der Waals surface area contributed by atoms with Crippen molar-refractivity contribution in [3.63, 3.8) is 0 Å². The summed E-state index contributed by atoms with van der Waals surface area (Å²) in [6.45, 7) is 8.75. The molecule has 5 rings (SSSR count). The SMILES string of the molecule is CCN(Cc1ccc(S(=O)(=O)[O-])cc1)c1ccc(C(=C2C=CC(=[N+](CC)Cc3ccc(S(=O)(=O)[O-])cc3)C=C2)c2ccc(C)cc2)cc1.[Na+].[Na+]. The largest absolute Gasteiger partial charge is 1.00 e. The third kappa shape index (κ3) is 10.7. The van der Waals surface area contributed by atoms with Gasteiger partial charge in [-0.2, -0.15) is 0 Å². The van der Waals surface area contributed by atoms with Crippen LogP contribution in [-0.2, 0) is 33.3 Å². The van der Waals surface area contributed by atoms with Crippen molar-refractivity contribution in [2.24, 2.45) is 0 Å². The number of aryl methyl sites for hydroxylation is 1. The molecule has 0 heterocycles. The third-order valence-corrected chi connectivity index (χ3v) is 10.0. The zero-order valence-corrected chi connectivity index (χ0v) is 34.7. The summed E-state index contributed by atoms with van der Waals surface area (Å²) in [5.74, 6) is 0. The Morgan fingerprint density at radius 1 is 0.640 bits per heavy atom. The molecule has 0 atom stereocenters. The minimum absolute atomic E-state index is 0. The molecule has 0 saturated carbocycles. The van der Waals surface area contributed by atoms with Crippen LogP contribution < -0.4 is 64.0 Å². The Morgan fingerprint density at radius 3 is 1.54 bits per heavy atom. The van der Waals surface area contributed by atoms with E-state index in [1.807, 2.05) is 0 Å². The van der Waals surface area contributed by atoms with Crippen LogP contribution in [-0.4, -0.2) is 49.3 Å². The van der Waals surface area contributed by atoms with Crippen LogP contribution in [0.4, 0.5) is 5.69 Å². The molecule has 0 unspecified atom stereocenters. The predicted octanol–water partition coefficient (Wildman–Crippen LogP) is 0.439. The molecule has 0 N–H and O–H groups in total. The minimum Gasteiger partial charge on any atom is -0.744 e. The van der Waals surface area contributed by atoms with E-state index in [0.29, 0.717) is 13.1 Å². The Balaban J connectivity index is 0.00000338. The molecule has 0 saturated heterocycles. The monoisotopic (exact) mass is 727 g/mol. The van der Waals surface area contributed by atoms with Crippen molar-refractivity contribution in [1.29, 1.82) is 0 Å². The quantitative estimate of drug-likeness (QED) is 0.125. The van der Waals surface area contributed by atoms with Crippen LogP contribution in [0.1, 0.15) is 41.7 Å². The van der Waals surface area contributed by atoms with Crippen molar-refractivity contribution in [3.8, 4) is 0 Å². The molecule has 0 fully saturated rings. The minimum atomic E-state index is -4.49. The standard InChI is InChI=1S/C38H38N2O6S2.2Na/c1-4-39(26-29-8-22-36(23-9-29)47(41,42)43)34-18-14-32(15-19-34)38(31-12-6-28(3)7-13-31)33-16-20-35(21-17-33)40(5-2)27-30-10-24-37(25-11-30)48(44,45)46;;/h6-25H,4-5,26-27H2,1-3H3,(H-,41,42,43,44,45,46);;/q;2*+1/p-1. The zero-order chi connectivity index (χ0) is 34.5. The van der Waals surface area contributed by atoms with E-state index in [2.05, 4.69) is 103 Å². The summed E-state index contributed by atoms with van der Waals surface area (Å²) in [7, 11) is -8.98. The second kappa shape index (κ2) is 18.2. The first-order valence-electron chi connectivity index (χ1n) is 15.6. The molecule has 4 aromatic carbocycles. The van der Waals surface area contributed by atoms with E-state index >= 15 is 0 Å². The van der Waals surface area contributed by atoms with Crippen molar-refractivity contribution >= 4 is 37.2 Å². The molecule has 0 radical (unpaired) electrons. The summed E-state index contributed by atoms with van der Waals surface area (Å²) in [5, 5.41) is 0. The number of allylic oxidation sites excluding steroid dienone is 5. The summed E-state index contributed by atoms with van der Waals surface area (Å²) in [6.07, 6.45) is 8.39. The molecule has 50 heavy (non-hydrogen) atoms. The first-order chi connectivity index (χ1) is 22.9. The van der Waals surface area contributed by atoms with Gasteiger partial charge in [-0.25, -0.2) is 21.4 Å². The Morgan fingerprint density at radius 2 is 1.10 bits per heavy atom. The second-order valence-electron chi connectivity index (χ2n) is 11.6. The van der Waals surface area contributed by atoms with Crippen molar-refractivity contribution in [2.45, 2.75) is 43.7 Å². The molecule has 0 bridgehead atoms. The maximum absolute atomic E-state index is 11.3. The van der Waals surface area contributed by atoms with Gasteiger partial charge in [-0.1, -0.05) is 66.2 Å². The van der Waals surface area contributed by atoms with Crippen molar-refractivity contribution in [3.05, 3.63) is 155 Å². The topological polar surface area (TPSA) is 121 Å².